The molecule has 0 aliphatic carbocycles. The molecule has 6 nitrogen and oxygen atoms in total. The molecule has 7 heteroatoms. The number of imide groups is 1. The Labute approximate surface area is 170 Å². The predicted molar refractivity (Wildman–Crippen MR) is 110 cm³/mol. The normalized spacial score (nSPS) is 15.2. The first-order chi connectivity index (χ1) is 14.1. The van der Waals surface area contributed by atoms with Gasteiger partial charge in [0.1, 0.15) is 11.5 Å². The van der Waals surface area contributed by atoms with E-state index in [-0.39, 0.29) is 10.1 Å². The number of amides is 2. The van der Waals surface area contributed by atoms with Gasteiger partial charge in [-0.2, -0.15) is 0 Å². The Hall–Kier alpha value is -3.58. The Bertz CT molecular complexity index is 1130. The fraction of sp³-hybridized carbons (Fsp3) is 0.0455. The highest BCUT2D eigenvalue weighted by Crippen LogP contribution is 2.36. The molecule has 0 saturated carbocycles. The molecule has 0 N–H and O–H groups in total. The number of thioether (sulfide) groups is 1. The van der Waals surface area contributed by atoms with Crippen LogP contribution in [0.2, 0.25) is 0 Å². The molecule has 1 aliphatic rings. The Kier molecular flexibility index (Phi) is 5.05. The topological polar surface area (TPSA) is 76.8 Å². The van der Waals surface area contributed by atoms with Gasteiger partial charge in [-0.25, -0.2) is 9.69 Å². The predicted octanol–water partition coefficient (Wildman–Crippen LogP) is 4.97. The Morgan fingerprint density at radius 2 is 1.72 bits per heavy atom. The Balaban J connectivity index is 1.63. The SMILES string of the molecule is COC(=O)c1ccccc1-c1ccc(/C=C2/SC(=O)N(c3ccccc3)C2=O)o1. The molecule has 2 amide bonds. The second-order valence-electron chi connectivity index (χ2n) is 6.09. The molecule has 0 unspecified atom stereocenters. The fourth-order valence-electron chi connectivity index (χ4n) is 2.96. The van der Waals surface area contributed by atoms with Crippen molar-refractivity contribution in [1.82, 2.24) is 0 Å². The van der Waals surface area contributed by atoms with Gasteiger partial charge in [0, 0.05) is 11.6 Å². The molecule has 2 heterocycles. The van der Waals surface area contributed by atoms with Gasteiger partial charge in [-0.1, -0.05) is 36.4 Å². The third-order valence-corrected chi connectivity index (χ3v) is 5.18. The van der Waals surface area contributed by atoms with Gasteiger partial charge in [-0.05, 0) is 42.1 Å². The van der Waals surface area contributed by atoms with Crippen LogP contribution in [-0.4, -0.2) is 24.2 Å². The number of carbonyl (C=O) groups is 3. The fourth-order valence-corrected chi connectivity index (χ4v) is 3.78. The molecule has 3 aromatic rings. The lowest BCUT2D eigenvalue weighted by Gasteiger charge is -2.11. The first-order valence-electron chi connectivity index (χ1n) is 8.69. The van der Waals surface area contributed by atoms with E-state index in [1.54, 1.807) is 60.7 Å². The average Bonchev–Trinajstić information content (AvgIpc) is 3.32. The number of anilines is 1. The van der Waals surface area contributed by atoms with E-state index in [1.807, 2.05) is 6.07 Å². The third kappa shape index (κ3) is 3.60. The van der Waals surface area contributed by atoms with Gasteiger partial charge in [-0.15, -0.1) is 0 Å². The van der Waals surface area contributed by atoms with Crippen LogP contribution in [0.3, 0.4) is 0 Å². The quantitative estimate of drug-likeness (QED) is 0.450. The molecule has 0 atom stereocenters. The number of nitrogens with zero attached hydrogens (tertiary/aromatic N) is 1. The van der Waals surface area contributed by atoms with Crippen LogP contribution in [0.4, 0.5) is 10.5 Å². The van der Waals surface area contributed by atoms with Crippen LogP contribution in [0.25, 0.3) is 17.4 Å². The zero-order valence-electron chi connectivity index (χ0n) is 15.3. The maximum atomic E-state index is 12.7. The molecule has 0 spiro atoms. The van der Waals surface area contributed by atoms with E-state index in [9.17, 15) is 14.4 Å². The van der Waals surface area contributed by atoms with Gasteiger partial charge in [0.25, 0.3) is 11.1 Å². The number of hydrogen-bond donors (Lipinski definition) is 0. The van der Waals surface area contributed by atoms with E-state index in [2.05, 4.69) is 0 Å². The van der Waals surface area contributed by atoms with E-state index in [1.165, 1.54) is 13.2 Å². The molecule has 0 bridgehead atoms. The van der Waals surface area contributed by atoms with Crippen LogP contribution < -0.4 is 4.90 Å². The van der Waals surface area contributed by atoms with Crippen molar-refractivity contribution in [2.45, 2.75) is 0 Å². The monoisotopic (exact) mass is 405 g/mol. The summed E-state index contributed by atoms with van der Waals surface area (Å²) in [5.74, 6) is -0.0144. The summed E-state index contributed by atoms with van der Waals surface area (Å²) in [5, 5.41) is -0.365. The molecular weight excluding hydrogens is 390 g/mol. The van der Waals surface area contributed by atoms with Crippen LogP contribution >= 0.6 is 11.8 Å². The molecule has 1 saturated heterocycles. The summed E-state index contributed by atoms with van der Waals surface area (Å²) >= 11 is 0.853. The van der Waals surface area contributed by atoms with Gasteiger partial charge in [0.2, 0.25) is 0 Å². The van der Waals surface area contributed by atoms with Crippen molar-refractivity contribution in [3.05, 3.63) is 83.0 Å². The summed E-state index contributed by atoms with van der Waals surface area (Å²) in [6.07, 6.45) is 1.53. The maximum absolute atomic E-state index is 12.7. The molecule has 2 aromatic carbocycles. The summed E-state index contributed by atoms with van der Waals surface area (Å²) in [6, 6.07) is 19.0. The molecule has 0 radical (unpaired) electrons. The van der Waals surface area contributed by atoms with Gasteiger partial charge in [0.05, 0.1) is 23.3 Å². The minimum Gasteiger partial charge on any atom is -0.465 e. The lowest BCUT2D eigenvalue weighted by atomic mass is 10.1. The summed E-state index contributed by atoms with van der Waals surface area (Å²) in [6.45, 7) is 0. The van der Waals surface area contributed by atoms with E-state index >= 15 is 0 Å². The number of ether oxygens (including phenoxy) is 1. The molecule has 4 rings (SSSR count). The van der Waals surface area contributed by atoms with E-state index in [4.69, 9.17) is 9.15 Å². The number of para-hydroxylation sites is 1. The third-order valence-electron chi connectivity index (χ3n) is 4.31. The van der Waals surface area contributed by atoms with Gasteiger partial charge >= 0.3 is 5.97 Å². The number of benzene rings is 2. The smallest absolute Gasteiger partial charge is 0.338 e. The summed E-state index contributed by atoms with van der Waals surface area (Å²) in [7, 11) is 1.32. The first-order valence-corrected chi connectivity index (χ1v) is 9.50. The minimum atomic E-state index is -0.470. The van der Waals surface area contributed by atoms with E-state index in [0.717, 1.165) is 16.7 Å². The highest BCUT2D eigenvalue weighted by molar-refractivity contribution is 8.19. The van der Waals surface area contributed by atoms with Crippen LogP contribution in [0.5, 0.6) is 0 Å². The van der Waals surface area contributed by atoms with Crippen LogP contribution in [0, 0.1) is 0 Å². The lowest BCUT2D eigenvalue weighted by molar-refractivity contribution is -0.113. The van der Waals surface area contributed by atoms with Crippen molar-refractivity contribution in [1.29, 1.82) is 0 Å². The van der Waals surface area contributed by atoms with Crippen LogP contribution in [-0.2, 0) is 9.53 Å². The van der Waals surface area contributed by atoms with Crippen molar-refractivity contribution in [3.8, 4) is 11.3 Å². The van der Waals surface area contributed by atoms with Crippen molar-refractivity contribution in [2.24, 2.45) is 0 Å². The zero-order valence-corrected chi connectivity index (χ0v) is 16.1. The van der Waals surface area contributed by atoms with Crippen molar-refractivity contribution in [3.63, 3.8) is 0 Å². The standard InChI is InChI=1S/C22H15NO5S/c1-27-21(25)17-10-6-5-9-16(17)18-12-11-15(28-18)13-19-20(24)23(22(26)29-19)14-7-3-2-4-8-14/h2-13H,1H3/b19-13+. The van der Waals surface area contributed by atoms with E-state index < -0.39 is 11.9 Å². The maximum Gasteiger partial charge on any atom is 0.338 e. The number of rotatable bonds is 4. The Morgan fingerprint density at radius 1 is 1.00 bits per heavy atom. The zero-order chi connectivity index (χ0) is 20.4. The average molecular weight is 405 g/mol. The summed E-state index contributed by atoms with van der Waals surface area (Å²) in [5.41, 5.74) is 1.47. The summed E-state index contributed by atoms with van der Waals surface area (Å²) in [4.78, 5) is 38.4. The van der Waals surface area contributed by atoms with E-state index in [0.29, 0.717) is 28.3 Å². The van der Waals surface area contributed by atoms with Gasteiger partial charge in [-0.3, -0.25) is 9.59 Å². The van der Waals surface area contributed by atoms with Crippen molar-refractivity contribution in [2.75, 3.05) is 12.0 Å². The van der Waals surface area contributed by atoms with Gasteiger partial charge in [0.15, 0.2) is 0 Å². The number of carbonyl (C=O) groups excluding carboxylic acids is 3. The molecule has 144 valence electrons. The second-order valence-corrected chi connectivity index (χ2v) is 7.09. The minimum absolute atomic E-state index is 0.265. The van der Waals surface area contributed by atoms with Crippen molar-refractivity contribution < 1.29 is 23.5 Å². The number of esters is 1. The molecular formula is C22H15NO5S. The first kappa shape index (κ1) is 18.8. The highest BCUT2D eigenvalue weighted by atomic mass is 32.2. The molecule has 29 heavy (non-hydrogen) atoms. The highest BCUT2D eigenvalue weighted by Gasteiger charge is 2.36. The molecule has 1 aliphatic heterocycles. The Morgan fingerprint density at radius 3 is 2.48 bits per heavy atom. The van der Waals surface area contributed by atoms with Crippen LogP contribution in [0.1, 0.15) is 16.1 Å². The second kappa shape index (κ2) is 7.81. The largest absolute Gasteiger partial charge is 0.465 e. The lowest BCUT2D eigenvalue weighted by Crippen LogP contribution is -2.27. The number of hydrogen-bond acceptors (Lipinski definition) is 6. The van der Waals surface area contributed by atoms with Crippen molar-refractivity contribution >= 4 is 40.6 Å². The van der Waals surface area contributed by atoms with Crippen LogP contribution in [0.15, 0.2) is 76.1 Å². The molecule has 1 fully saturated rings. The summed E-state index contributed by atoms with van der Waals surface area (Å²) < 4.78 is 10.6. The number of furan rings is 1. The number of methoxy groups -OCH3 is 1. The van der Waals surface area contributed by atoms with Gasteiger partial charge < -0.3 is 9.15 Å². The molecule has 1 aromatic heterocycles.